The fraction of sp³-hybridized carbons (Fsp3) is 0.444. The van der Waals surface area contributed by atoms with Crippen molar-refractivity contribution in [2.75, 3.05) is 6.54 Å². The number of rotatable bonds is 7. The minimum absolute atomic E-state index is 0.0762. The van der Waals surface area contributed by atoms with Crippen molar-refractivity contribution >= 4 is 5.91 Å². The van der Waals surface area contributed by atoms with E-state index in [0.29, 0.717) is 18.9 Å². The molecular formula is C18H23N9O. The van der Waals surface area contributed by atoms with Crippen LogP contribution in [0, 0.1) is 0 Å². The van der Waals surface area contributed by atoms with Gasteiger partial charge in [-0.25, -0.2) is 9.67 Å². The molecule has 10 heteroatoms. The van der Waals surface area contributed by atoms with Crippen LogP contribution in [-0.4, -0.2) is 58.4 Å². The SMILES string of the molecule is C[C@H](Cn1cncn1)NC(=O)Cn1nnnc1CN1CCc2ccccc2C1. The van der Waals surface area contributed by atoms with Crippen LogP contribution in [0.15, 0.2) is 36.9 Å². The van der Waals surface area contributed by atoms with E-state index < -0.39 is 0 Å². The second-order valence-corrected chi connectivity index (χ2v) is 7.07. The number of benzene rings is 1. The summed E-state index contributed by atoms with van der Waals surface area (Å²) in [5.74, 6) is 0.559. The number of carbonyl (C=O) groups excluding carboxylic acids is 1. The van der Waals surface area contributed by atoms with Gasteiger partial charge in [0.25, 0.3) is 0 Å². The number of nitrogens with one attached hydrogen (secondary N) is 1. The molecule has 0 unspecified atom stereocenters. The summed E-state index contributed by atoms with van der Waals surface area (Å²) in [7, 11) is 0. The van der Waals surface area contributed by atoms with E-state index in [1.807, 2.05) is 6.92 Å². The van der Waals surface area contributed by atoms with E-state index in [0.717, 1.165) is 19.5 Å². The van der Waals surface area contributed by atoms with E-state index in [1.165, 1.54) is 17.5 Å². The molecule has 3 aromatic rings. The average molecular weight is 381 g/mol. The first-order chi connectivity index (χ1) is 13.7. The van der Waals surface area contributed by atoms with Gasteiger partial charge in [0.05, 0.1) is 13.1 Å². The third kappa shape index (κ3) is 4.39. The molecule has 0 saturated heterocycles. The summed E-state index contributed by atoms with van der Waals surface area (Å²) >= 11 is 0. The van der Waals surface area contributed by atoms with E-state index in [9.17, 15) is 4.79 Å². The molecule has 1 amide bonds. The first-order valence-corrected chi connectivity index (χ1v) is 9.33. The van der Waals surface area contributed by atoms with Crippen LogP contribution in [0.1, 0.15) is 23.9 Å². The van der Waals surface area contributed by atoms with Gasteiger partial charge >= 0.3 is 0 Å². The predicted octanol–water partition coefficient (Wildman–Crippen LogP) is 0.0278. The van der Waals surface area contributed by atoms with Crippen molar-refractivity contribution in [3.63, 3.8) is 0 Å². The smallest absolute Gasteiger partial charge is 0.242 e. The van der Waals surface area contributed by atoms with Gasteiger partial charge in [-0.3, -0.25) is 14.4 Å². The molecule has 1 atom stereocenters. The van der Waals surface area contributed by atoms with Crippen LogP contribution in [-0.2, 0) is 37.4 Å². The lowest BCUT2D eigenvalue weighted by Gasteiger charge is -2.28. The Labute approximate surface area is 162 Å². The lowest BCUT2D eigenvalue weighted by atomic mass is 10.00. The number of hydrogen-bond acceptors (Lipinski definition) is 7. The van der Waals surface area contributed by atoms with Crippen molar-refractivity contribution in [1.82, 2.24) is 45.2 Å². The van der Waals surface area contributed by atoms with Crippen LogP contribution in [0.3, 0.4) is 0 Å². The second kappa shape index (κ2) is 8.26. The number of amides is 1. The third-order valence-electron chi connectivity index (χ3n) is 4.81. The number of aromatic nitrogens is 7. The zero-order valence-electron chi connectivity index (χ0n) is 15.8. The van der Waals surface area contributed by atoms with Crippen molar-refractivity contribution in [2.24, 2.45) is 0 Å². The minimum Gasteiger partial charge on any atom is -0.350 e. The Balaban J connectivity index is 1.32. The Morgan fingerprint density at radius 2 is 2.14 bits per heavy atom. The van der Waals surface area contributed by atoms with Gasteiger partial charge < -0.3 is 5.32 Å². The quantitative estimate of drug-likeness (QED) is 0.615. The van der Waals surface area contributed by atoms with Crippen molar-refractivity contribution in [3.05, 3.63) is 53.9 Å². The van der Waals surface area contributed by atoms with Crippen molar-refractivity contribution in [1.29, 1.82) is 0 Å². The number of carbonyl (C=O) groups is 1. The van der Waals surface area contributed by atoms with Gasteiger partial charge in [0, 0.05) is 19.1 Å². The highest BCUT2D eigenvalue weighted by Crippen LogP contribution is 2.19. The highest BCUT2D eigenvalue weighted by atomic mass is 16.2. The molecule has 0 saturated carbocycles. The zero-order chi connectivity index (χ0) is 19.3. The standard InChI is InChI=1S/C18H23N9O/c1-14(8-26-13-19-12-20-26)21-18(28)11-27-17(22-23-24-27)10-25-7-6-15-4-2-3-5-16(15)9-25/h2-5,12-14H,6-11H2,1H3,(H,21,28)/t14-/m1/s1. The number of fused-ring (bicyclic) bond motifs is 1. The molecule has 0 spiro atoms. The fourth-order valence-corrected chi connectivity index (χ4v) is 3.46. The molecule has 28 heavy (non-hydrogen) atoms. The summed E-state index contributed by atoms with van der Waals surface area (Å²) in [6.07, 6.45) is 4.11. The van der Waals surface area contributed by atoms with Gasteiger partial charge in [-0.1, -0.05) is 24.3 Å². The second-order valence-electron chi connectivity index (χ2n) is 7.07. The largest absolute Gasteiger partial charge is 0.350 e. The van der Waals surface area contributed by atoms with Crippen LogP contribution in [0.4, 0.5) is 0 Å². The van der Waals surface area contributed by atoms with Crippen LogP contribution in [0.5, 0.6) is 0 Å². The van der Waals surface area contributed by atoms with Crippen molar-refractivity contribution < 1.29 is 4.79 Å². The van der Waals surface area contributed by atoms with Gasteiger partial charge in [-0.2, -0.15) is 5.10 Å². The van der Waals surface area contributed by atoms with E-state index in [4.69, 9.17) is 0 Å². The first kappa shape index (κ1) is 18.2. The maximum atomic E-state index is 12.4. The Kier molecular flexibility index (Phi) is 5.38. The number of hydrogen-bond donors (Lipinski definition) is 1. The number of nitrogens with zero attached hydrogens (tertiary/aromatic N) is 8. The summed E-state index contributed by atoms with van der Waals surface area (Å²) in [5.41, 5.74) is 2.74. The Morgan fingerprint density at radius 1 is 1.29 bits per heavy atom. The molecule has 2 aromatic heterocycles. The highest BCUT2D eigenvalue weighted by Gasteiger charge is 2.19. The molecule has 146 valence electrons. The third-order valence-corrected chi connectivity index (χ3v) is 4.81. The van der Waals surface area contributed by atoms with Gasteiger partial charge in [0.15, 0.2) is 5.82 Å². The van der Waals surface area contributed by atoms with Gasteiger partial charge in [-0.15, -0.1) is 5.10 Å². The van der Waals surface area contributed by atoms with Crippen LogP contribution >= 0.6 is 0 Å². The summed E-state index contributed by atoms with van der Waals surface area (Å²) in [6.45, 7) is 5.00. The normalized spacial score (nSPS) is 15.2. The predicted molar refractivity (Wildman–Crippen MR) is 99.7 cm³/mol. The molecular weight excluding hydrogens is 358 g/mol. The van der Waals surface area contributed by atoms with Crippen molar-refractivity contribution in [3.8, 4) is 0 Å². The van der Waals surface area contributed by atoms with Crippen molar-refractivity contribution in [2.45, 2.75) is 45.6 Å². The average Bonchev–Trinajstić information content (AvgIpc) is 3.34. The number of tetrazole rings is 1. The lowest BCUT2D eigenvalue weighted by molar-refractivity contribution is -0.122. The molecule has 0 aliphatic carbocycles. The molecule has 1 N–H and O–H groups in total. The van der Waals surface area contributed by atoms with E-state index in [2.05, 4.69) is 60.1 Å². The first-order valence-electron chi connectivity index (χ1n) is 9.33. The monoisotopic (exact) mass is 381 g/mol. The summed E-state index contributed by atoms with van der Waals surface area (Å²) in [4.78, 5) is 18.6. The van der Waals surface area contributed by atoms with E-state index >= 15 is 0 Å². The van der Waals surface area contributed by atoms with Gasteiger partial charge in [0.2, 0.25) is 5.91 Å². The summed E-state index contributed by atoms with van der Waals surface area (Å²) in [5, 5.41) is 18.9. The minimum atomic E-state index is -0.134. The summed E-state index contributed by atoms with van der Waals surface area (Å²) in [6, 6.07) is 8.41. The Morgan fingerprint density at radius 3 is 2.96 bits per heavy atom. The maximum absolute atomic E-state index is 12.4. The molecule has 1 aromatic carbocycles. The van der Waals surface area contributed by atoms with Gasteiger partial charge in [0.1, 0.15) is 19.2 Å². The highest BCUT2D eigenvalue weighted by molar-refractivity contribution is 5.75. The molecule has 4 rings (SSSR count). The molecule has 10 nitrogen and oxygen atoms in total. The molecule has 0 radical (unpaired) electrons. The van der Waals surface area contributed by atoms with Gasteiger partial charge in [-0.05, 0) is 34.9 Å². The van der Waals surface area contributed by atoms with E-state index in [1.54, 1.807) is 15.7 Å². The molecule has 1 aliphatic rings. The van der Waals surface area contributed by atoms with Crippen LogP contribution < -0.4 is 5.32 Å². The maximum Gasteiger partial charge on any atom is 0.242 e. The van der Waals surface area contributed by atoms with Crippen LogP contribution in [0.25, 0.3) is 0 Å². The molecule has 3 heterocycles. The Bertz CT molecular complexity index is 921. The fourth-order valence-electron chi connectivity index (χ4n) is 3.46. The zero-order valence-corrected chi connectivity index (χ0v) is 15.8. The van der Waals surface area contributed by atoms with Crippen LogP contribution in [0.2, 0.25) is 0 Å². The lowest BCUT2D eigenvalue weighted by Crippen LogP contribution is -2.38. The molecule has 0 bridgehead atoms. The van der Waals surface area contributed by atoms with E-state index in [-0.39, 0.29) is 18.5 Å². The topological polar surface area (TPSA) is 107 Å². The Hall–Kier alpha value is -3.14. The molecule has 1 aliphatic heterocycles. The summed E-state index contributed by atoms with van der Waals surface area (Å²) < 4.78 is 3.25. The molecule has 0 fully saturated rings.